The number of hydrogen-bond acceptors (Lipinski definition) is 4. The smallest absolute Gasteiger partial charge is 0.208 e. The lowest BCUT2D eigenvalue weighted by Gasteiger charge is -2.28. The van der Waals surface area contributed by atoms with Gasteiger partial charge in [0.2, 0.25) is 20.0 Å². The van der Waals surface area contributed by atoms with Crippen LogP contribution in [0.4, 0.5) is 0 Å². The summed E-state index contributed by atoms with van der Waals surface area (Å²) in [4.78, 5) is 0.185. The molecule has 1 fully saturated rings. The van der Waals surface area contributed by atoms with Gasteiger partial charge in [0.25, 0.3) is 0 Å². The van der Waals surface area contributed by atoms with Crippen LogP contribution in [0.5, 0.6) is 0 Å². The van der Waals surface area contributed by atoms with Crippen LogP contribution in [-0.4, -0.2) is 33.2 Å². The Hall–Kier alpha value is -1.74. The highest BCUT2D eigenvalue weighted by Gasteiger charge is 2.30. The van der Waals surface area contributed by atoms with Crippen LogP contribution in [0, 0.1) is 0 Å². The fraction of sp³-hybridized carbons (Fsp3) is 0.538. The van der Waals surface area contributed by atoms with Gasteiger partial charge in [-0.05, 0) is 67.0 Å². The second-order valence-corrected chi connectivity index (χ2v) is 13.9. The quantitative estimate of drug-likeness (QED) is 0.507. The van der Waals surface area contributed by atoms with E-state index in [2.05, 4.69) is 25.5 Å². The average Bonchev–Trinajstić information content (AvgIpc) is 3.29. The number of hydrogen-bond donors (Lipinski definition) is 1. The lowest BCUT2D eigenvalue weighted by Crippen LogP contribution is -2.37. The van der Waals surface area contributed by atoms with Gasteiger partial charge < -0.3 is 0 Å². The first kappa shape index (κ1) is 26.9. The molecule has 0 spiro atoms. The number of rotatable bonds is 9. The van der Waals surface area contributed by atoms with E-state index in [0.29, 0.717) is 6.42 Å². The van der Waals surface area contributed by atoms with Gasteiger partial charge in [0.05, 0.1) is 9.79 Å². The van der Waals surface area contributed by atoms with Crippen molar-refractivity contribution < 1.29 is 16.8 Å². The van der Waals surface area contributed by atoms with Crippen molar-refractivity contribution in [2.24, 2.45) is 0 Å². The van der Waals surface area contributed by atoms with Crippen LogP contribution in [0.15, 0.2) is 58.3 Å². The third-order valence-corrected chi connectivity index (χ3v) is 10.2. The summed E-state index contributed by atoms with van der Waals surface area (Å²) in [6, 6.07) is 13.4. The molecular weight excluding hydrogens is 468 g/mol. The molecule has 1 saturated carbocycles. The van der Waals surface area contributed by atoms with Crippen LogP contribution in [0.2, 0.25) is 0 Å². The van der Waals surface area contributed by atoms with E-state index >= 15 is 0 Å². The monoisotopic (exact) mass is 506 g/mol. The van der Waals surface area contributed by atoms with E-state index < -0.39 is 20.0 Å². The molecule has 1 aliphatic carbocycles. The Kier molecular flexibility index (Phi) is 8.28. The van der Waals surface area contributed by atoms with Gasteiger partial charge in [-0.3, -0.25) is 0 Å². The first-order valence-electron chi connectivity index (χ1n) is 12.1. The van der Waals surface area contributed by atoms with Crippen molar-refractivity contribution in [2.45, 2.75) is 101 Å². The zero-order valence-corrected chi connectivity index (χ0v) is 22.5. The molecule has 1 atom stereocenters. The van der Waals surface area contributed by atoms with Gasteiger partial charge in [0, 0.05) is 18.6 Å². The standard InChI is InChI=1S/C26H38N2O4S2/c1-6-20(2)28(19-21-11-13-22(14-12-21)26(3,4)5)34(31,32)25-17-15-24(16-18-25)33(29,30)27-23-9-7-8-10-23/h11-18,20,23,27H,6-10,19H2,1-5H3. The topological polar surface area (TPSA) is 83.6 Å². The van der Waals surface area contributed by atoms with E-state index in [-0.39, 0.29) is 33.8 Å². The molecule has 0 bridgehead atoms. The molecule has 3 rings (SSSR count). The van der Waals surface area contributed by atoms with Crippen LogP contribution in [0.25, 0.3) is 0 Å². The third kappa shape index (κ3) is 6.27. The molecule has 0 radical (unpaired) electrons. The SMILES string of the molecule is CCC(C)N(Cc1ccc(C(C)(C)C)cc1)S(=O)(=O)c1ccc(S(=O)(=O)NC2CCCC2)cc1. The van der Waals surface area contributed by atoms with Gasteiger partial charge in [0.15, 0.2) is 0 Å². The van der Waals surface area contributed by atoms with Gasteiger partial charge in [-0.15, -0.1) is 0 Å². The van der Waals surface area contributed by atoms with Gasteiger partial charge in [-0.1, -0.05) is 64.8 Å². The van der Waals surface area contributed by atoms with E-state index in [1.807, 2.05) is 38.1 Å². The molecule has 0 aliphatic heterocycles. The lowest BCUT2D eigenvalue weighted by atomic mass is 9.87. The Morgan fingerprint density at radius 1 is 0.912 bits per heavy atom. The van der Waals surface area contributed by atoms with Crippen molar-refractivity contribution in [2.75, 3.05) is 0 Å². The molecule has 6 nitrogen and oxygen atoms in total. The number of nitrogens with zero attached hydrogens (tertiary/aromatic N) is 1. The van der Waals surface area contributed by atoms with Gasteiger partial charge >= 0.3 is 0 Å². The molecule has 0 aromatic heterocycles. The summed E-state index contributed by atoms with van der Waals surface area (Å²) in [5.41, 5.74) is 2.13. The summed E-state index contributed by atoms with van der Waals surface area (Å²) in [5.74, 6) is 0. The molecule has 1 aliphatic rings. The van der Waals surface area contributed by atoms with E-state index in [0.717, 1.165) is 31.2 Å². The highest BCUT2D eigenvalue weighted by molar-refractivity contribution is 7.89. The molecule has 188 valence electrons. The minimum absolute atomic E-state index is 0.0235. The van der Waals surface area contributed by atoms with Crippen molar-refractivity contribution in [1.29, 1.82) is 0 Å². The summed E-state index contributed by atoms with van der Waals surface area (Å²) in [7, 11) is -7.49. The Balaban J connectivity index is 1.84. The first-order chi connectivity index (χ1) is 15.8. The second-order valence-electron chi connectivity index (χ2n) is 10.3. The van der Waals surface area contributed by atoms with Gasteiger partial charge in [0.1, 0.15) is 0 Å². The fourth-order valence-electron chi connectivity index (χ4n) is 4.23. The van der Waals surface area contributed by atoms with Crippen molar-refractivity contribution in [3.8, 4) is 0 Å². The van der Waals surface area contributed by atoms with Crippen molar-refractivity contribution in [3.05, 3.63) is 59.7 Å². The van der Waals surface area contributed by atoms with E-state index in [1.165, 1.54) is 34.1 Å². The van der Waals surface area contributed by atoms with Crippen LogP contribution in [-0.2, 0) is 32.0 Å². The molecule has 2 aromatic rings. The van der Waals surface area contributed by atoms with Crippen LogP contribution < -0.4 is 4.72 Å². The Bertz CT molecular complexity index is 1160. The molecular formula is C26H38N2O4S2. The van der Waals surface area contributed by atoms with Gasteiger partial charge in [-0.2, -0.15) is 4.31 Å². The molecule has 8 heteroatoms. The molecule has 0 heterocycles. The summed E-state index contributed by atoms with van der Waals surface area (Å²) < 4.78 is 56.8. The zero-order valence-electron chi connectivity index (χ0n) is 20.9. The molecule has 1 N–H and O–H groups in total. The summed E-state index contributed by atoms with van der Waals surface area (Å²) in [6.45, 7) is 10.5. The lowest BCUT2D eigenvalue weighted by molar-refractivity contribution is 0.323. The third-order valence-electron chi connectivity index (χ3n) is 6.66. The number of sulfonamides is 2. The normalized spacial score (nSPS) is 16.8. The number of benzene rings is 2. The van der Waals surface area contributed by atoms with Crippen LogP contribution >= 0.6 is 0 Å². The Morgan fingerprint density at radius 3 is 1.94 bits per heavy atom. The Morgan fingerprint density at radius 2 is 1.44 bits per heavy atom. The van der Waals surface area contributed by atoms with Crippen molar-refractivity contribution in [1.82, 2.24) is 9.03 Å². The number of nitrogens with one attached hydrogen (secondary N) is 1. The summed E-state index contributed by atoms with van der Waals surface area (Å²) in [6.07, 6.45) is 4.39. The molecule has 0 amide bonds. The van der Waals surface area contributed by atoms with Crippen LogP contribution in [0.1, 0.15) is 77.8 Å². The van der Waals surface area contributed by atoms with Gasteiger partial charge in [-0.25, -0.2) is 21.6 Å². The highest BCUT2D eigenvalue weighted by atomic mass is 32.2. The molecule has 2 aromatic carbocycles. The summed E-state index contributed by atoms with van der Waals surface area (Å²) >= 11 is 0. The predicted octanol–water partition coefficient (Wildman–Crippen LogP) is 5.19. The minimum atomic E-state index is -3.82. The summed E-state index contributed by atoms with van der Waals surface area (Å²) in [5, 5.41) is 0. The molecule has 34 heavy (non-hydrogen) atoms. The highest BCUT2D eigenvalue weighted by Crippen LogP contribution is 2.27. The maximum Gasteiger partial charge on any atom is 0.243 e. The maximum atomic E-state index is 13.6. The van der Waals surface area contributed by atoms with E-state index in [9.17, 15) is 16.8 Å². The first-order valence-corrected chi connectivity index (χ1v) is 15.0. The minimum Gasteiger partial charge on any atom is -0.208 e. The largest absolute Gasteiger partial charge is 0.243 e. The zero-order chi connectivity index (χ0) is 25.1. The maximum absolute atomic E-state index is 13.6. The second kappa shape index (κ2) is 10.5. The van der Waals surface area contributed by atoms with Crippen molar-refractivity contribution in [3.63, 3.8) is 0 Å². The van der Waals surface area contributed by atoms with Crippen molar-refractivity contribution >= 4 is 20.0 Å². The molecule has 0 saturated heterocycles. The predicted molar refractivity (Wildman–Crippen MR) is 137 cm³/mol. The van der Waals surface area contributed by atoms with Crippen LogP contribution in [0.3, 0.4) is 0 Å². The fourth-order valence-corrected chi connectivity index (χ4v) is 7.23. The average molecular weight is 507 g/mol. The van der Waals surface area contributed by atoms with E-state index in [1.54, 1.807) is 0 Å². The molecule has 1 unspecified atom stereocenters. The Labute approximate surface area is 205 Å². The van der Waals surface area contributed by atoms with E-state index in [4.69, 9.17) is 0 Å².